The van der Waals surface area contributed by atoms with E-state index in [1.54, 1.807) is 44.4 Å². The van der Waals surface area contributed by atoms with Gasteiger partial charge in [0.25, 0.3) is 5.91 Å². The molecular formula is C21H21ClN4O2. The third-order valence-corrected chi connectivity index (χ3v) is 4.38. The number of carbonyl (C=O) groups excluding carboxylic acids is 1. The molecule has 0 fully saturated rings. The molecule has 1 heterocycles. The van der Waals surface area contributed by atoms with Crippen LogP contribution in [0.1, 0.15) is 27.3 Å². The van der Waals surface area contributed by atoms with Gasteiger partial charge in [-0.05, 0) is 56.2 Å². The van der Waals surface area contributed by atoms with Crippen molar-refractivity contribution in [1.29, 1.82) is 0 Å². The summed E-state index contributed by atoms with van der Waals surface area (Å²) in [5.74, 6) is 0.627. The first-order valence-corrected chi connectivity index (χ1v) is 9.08. The van der Waals surface area contributed by atoms with Crippen molar-refractivity contribution in [3.8, 4) is 5.75 Å². The molecule has 28 heavy (non-hydrogen) atoms. The number of hydrogen-bond donors (Lipinski definition) is 2. The number of aromatic nitrogens is 2. The molecule has 0 aliphatic heterocycles. The van der Waals surface area contributed by atoms with E-state index in [0.29, 0.717) is 28.1 Å². The summed E-state index contributed by atoms with van der Waals surface area (Å²) in [4.78, 5) is 21.4. The van der Waals surface area contributed by atoms with Gasteiger partial charge >= 0.3 is 0 Å². The normalized spacial score (nSPS) is 10.5. The van der Waals surface area contributed by atoms with Crippen LogP contribution in [0.25, 0.3) is 0 Å². The van der Waals surface area contributed by atoms with Gasteiger partial charge in [-0.3, -0.25) is 4.79 Å². The fourth-order valence-corrected chi connectivity index (χ4v) is 3.19. The van der Waals surface area contributed by atoms with Gasteiger partial charge < -0.3 is 15.4 Å². The third kappa shape index (κ3) is 4.58. The summed E-state index contributed by atoms with van der Waals surface area (Å²) in [6.07, 6.45) is 0. The van der Waals surface area contributed by atoms with E-state index in [1.807, 2.05) is 26.0 Å². The van der Waals surface area contributed by atoms with Gasteiger partial charge in [0.05, 0.1) is 17.8 Å². The highest BCUT2D eigenvalue weighted by atomic mass is 35.5. The van der Waals surface area contributed by atoms with Crippen molar-refractivity contribution in [2.45, 2.75) is 20.8 Å². The molecule has 0 bridgehead atoms. The lowest BCUT2D eigenvalue weighted by Gasteiger charge is -2.13. The molecule has 6 nitrogen and oxygen atoms in total. The predicted molar refractivity (Wildman–Crippen MR) is 112 cm³/mol. The van der Waals surface area contributed by atoms with E-state index >= 15 is 0 Å². The third-order valence-electron chi connectivity index (χ3n) is 4.08. The summed E-state index contributed by atoms with van der Waals surface area (Å²) in [5.41, 5.74) is 4.28. The smallest absolute Gasteiger partial charge is 0.274 e. The number of nitrogens with one attached hydrogen (secondary N) is 2. The van der Waals surface area contributed by atoms with E-state index in [9.17, 15) is 4.79 Å². The van der Waals surface area contributed by atoms with Crippen LogP contribution in [0, 0.1) is 20.8 Å². The highest BCUT2D eigenvalue weighted by Gasteiger charge is 2.13. The molecule has 3 aromatic rings. The summed E-state index contributed by atoms with van der Waals surface area (Å²) >= 11 is 6.35. The van der Waals surface area contributed by atoms with Crippen LogP contribution in [0.3, 0.4) is 0 Å². The first kappa shape index (κ1) is 19.6. The second-order valence-electron chi connectivity index (χ2n) is 6.47. The molecule has 0 unspecified atom stereocenters. The lowest BCUT2D eigenvalue weighted by Crippen LogP contribution is -2.15. The summed E-state index contributed by atoms with van der Waals surface area (Å²) in [6.45, 7) is 5.74. The van der Waals surface area contributed by atoms with Crippen molar-refractivity contribution in [2.75, 3.05) is 17.7 Å². The van der Waals surface area contributed by atoms with Crippen LogP contribution in [0.4, 0.5) is 17.3 Å². The number of methoxy groups -OCH3 is 1. The van der Waals surface area contributed by atoms with Gasteiger partial charge in [-0.1, -0.05) is 23.7 Å². The van der Waals surface area contributed by atoms with Crippen molar-refractivity contribution >= 4 is 34.8 Å². The minimum Gasteiger partial charge on any atom is -0.497 e. The standard InChI is InChI=1S/C21H21ClN4O2/c1-12-8-13(2)19(17(22)9-12)26-21-23-14(3)10-18(25-21)20(27)24-15-6-5-7-16(11-15)28-4/h5-11H,1-4H3,(H,24,27)(H,23,25,26). The molecule has 0 atom stereocenters. The Bertz CT molecular complexity index is 1010. The van der Waals surface area contributed by atoms with Gasteiger partial charge in [0.2, 0.25) is 5.95 Å². The van der Waals surface area contributed by atoms with Crippen LogP contribution in [0.2, 0.25) is 5.02 Å². The topological polar surface area (TPSA) is 76.1 Å². The Morgan fingerprint density at radius 3 is 2.57 bits per heavy atom. The molecule has 7 heteroatoms. The Balaban J connectivity index is 1.86. The maximum atomic E-state index is 12.7. The van der Waals surface area contributed by atoms with Crippen LogP contribution in [0.15, 0.2) is 42.5 Å². The van der Waals surface area contributed by atoms with Gasteiger partial charge in [0, 0.05) is 17.4 Å². The Labute approximate surface area is 168 Å². The minimum absolute atomic E-state index is 0.249. The van der Waals surface area contributed by atoms with Crippen LogP contribution in [-0.4, -0.2) is 23.0 Å². The van der Waals surface area contributed by atoms with E-state index in [4.69, 9.17) is 16.3 Å². The number of ether oxygens (including phenoxy) is 1. The summed E-state index contributed by atoms with van der Waals surface area (Å²) in [6, 6.07) is 12.6. The zero-order valence-electron chi connectivity index (χ0n) is 16.1. The van der Waals surface area contributed by atoms with E-state index in [0.717, 1.165) is 16.8 Å². The Morgan fingerprint density at radius 2 is 1.86 bits per heavy atom. The molecule has 1 aromatic heterocycles. The molecule has 3 rings (SSSR count). The number of nitrogens with zero attached hydrogens (tertiary/aromatic N) is 2. The van der Waals surface area contributed by atoms with E-state index in [1.165, 1.54) is 0 Å². The van der Waals surface area contributed by atoms with E-state index < -0.39 is 0 Å². The van der Waals surface area contributed by atoms with E-state index in [-0.39, 0.29) is 11.6 Å². The molecular weight excluding hydrogens is 376 g/mol. The van der Waals surface area contributed by atoms with Crippen LogP contribution in [0.5, 0.6) is 5.75 Å². The van der Waals surface area contributed by atoms with Gasteiger partial charge in [-0.25, -0.2) is 9.97 Å². The molecule has 0 saturated carbocycles. The first-order chi connectivity index (χ1) is 13.4. The zero-order chi connectivity index (χ0) is 20.3. The second kappa shape index (κ2) is 8.27. The molecule has 0 saturated heterocycles. The molecule has 2 N–H and O–H groups in total. The number of aryl methyl sites for hydroxylation is 3. The molecule has 0 radical (unpaired) electrons. The highest BCUT2D eigenvalue weighted by Crippen LogP contribution is 2.29. The molecule has 1 amide bonds. The summed E-state index contributed by atoms with van der Waals surface area (Å²) in [5, 5.41) is 6.52. The summed E-state index contributed by atoms with van der Waals surface area (Å²) in [7, 11) is 1.57. The quantitative estimate of drug-likeness (QED) is 0.630. The molecule has 2 aromatic carbocycles. The first-order valence-electron chi connectivity index (χ1n) is 8.70. The van der Waals surface area contributed by atoms with Crippen molar-refractivity contribution < 1.29 is 9.53 Å². The lowest BCUT2D eigenvalue weighted by molar-refractivity contribution is 0.102. The average molecular weight is 397 g/mol. The van der Waals surface area contributed by atoms with Crippen molar-refractivity contribution in [3.05, 3.63) is 70.0 Å². The van der Waals surface area contributed by atoms with Gasteiger partial charge in [-0.15, -0.1) is 0 Å². The number of benzene rings is 2. The average Bonchev–Trinajstić information content (AvgIpc) is 2.64. The number of halogens is 1. The summed E-state index contributed by atoms with van der Waals surface area (Å²) < 4.78 is 5.18. The molecule has 0 spiro atoms. The molecule has 0 aliphatic rings. The van der Waals surface area contributed by atoms with Crippen molar-refractivity contribution in [1.82, 2.24) is 9.97 Å². The van der Waals surface area contributed by atoms with Gasteiger partial charge in [0.15, 0.2) is 0 Å². The SMILES string of the molecule is COc1cccc(NC(=O)c2cc(C)nc(Nc3c(C)cc(C)cc3Cl)n2)c1. The minimum atomic E-state index is -0.339. The number of rotatable bonds is 5. The lowest BCUT2D eigenvalue weighted by atomic mass is 10.1. The van der Waals surface area contributed by atoms with Gasteiger partial charge in [0.1, 0.15) is 11.4 Å². The molecule has 144 valence electrons. The fourth-order valence-electron chi connectivity index (χ4n) is 2.82. The number of anilines is 3. The number of hydrogen-bond acceptors (Lipinski definition) is 5. The zero-order valence-corrected chi connectivity index (χ0v) is 16.9. The van der Waals surface area contributed by atoms with Crippen LogP contribution >= 0.6 is 11.6 Å². The predicted octanol–water partition coefficient (Wildman–Crippen LogP) is 5.06. The number of carbonyl (C=O) groups is 1. The monoisotopic (exact) mass is 396 g/mol. The van der Waals surface area contributed by atoms with Crippen LogP contribution < -0.4 is 15.4 Å². The van der Waals surface area contributed by atoms with Crippen molar-refractivity contribution in [3.63, 3.8) is 0 Å². The molecule has 0 aliphatic carbocycles. The van der Waals surface area contributed by atoms with E-state index in [2.05, 4.69) is 20.6 Å². The fraction of sp³-hybridized carbons (Fsp3) is 0.190. The Kier molecular flexibility index (Phi) is 5.80. The Morgan fingerprint density at radius 1 is 1.07 bits per heavy atom. The largest absolute Gasteiger partial charge is 0.497 e. The highest BCUT2D eigenvalue weighted by molar-refractivity contribution is 6.33. The maximum Gasteiger partial charge on any atom is 0.274 e. The number of amides is 1. The van der Waals surface area contributed by atoms with Crippen LogP contribution in [-0.2, 0) is 0 Å². The van der Waals surface area contributed by atoms with Crippen molar-refractivity contribution in [2.24, 2.45) is 0 Å². The van der Waals surface area contributed by atoms with Gasteiger partial charge in [-0.2, -0.15) is 0 Å². The Hall–Kier alpha value is -3.12. The maximum absolute atomic E-state index is 12.7. The second-order valence-corrected chi connectivity index (χ2v) is 6.88.